The monoisotopic (exact) mass is 185 g/mol. The van der Waals surface area contributed by atoms with E-state index in [0.717, 1.165) is 12.8 Å². The fourth-order valence-electron chi connectivity index (χ4n) is 1.68. The molecule has 1 rings (SSSR count). The number of hydrogen-bond acceptors (Lipinski definition) is 3. The third kappa shape index (κ3) is 1.82. The van der Waals surface area contributed by atoms with E-state index in [0.29, 0.717) is 6.54 Å². The number of rotatable bonds is 0. The maximum atomic E-state index is 11.4. The van der Waals surface area contributed by atoms with Gasteiger partial charge in [-0.25, -0.2) is 4.79 Å². The van der Waals surface area contributed by atoms with Crippen molar-refractivity contribution < 1.29 is 14.3 Å². The number of likely N-dealkylation sites (tertiary alicyclic amines) is 1. The molecule has 0 aromatic carbocycles. The van der Waals surface area contributed by atoms with E-state index in [2.05, 4.69) is 4.74 Å². The summed E-state index contributed by atoms with van der Waals surface area (Å²) in [5.41, 5.74) is -0.203. The molecular formula is C9H15NO3. The Balaban J connectivity index is 2.72. The first-order valence-electron chi connectivity index (χ1n) is 4.39. The van der Waals surface area contributed by atoms with Gasteiger partial charge in [-0.3, -0.25) is 4.79 Å². The number of nitrogens with zero attached hydrogens (tertiary/aromatic N) is 1. The molecule has 1 amide bonds. The highest BCUT2D eigenvalue weighted by molar-refractivity contribution is 6.32. The van der Waals surface area contributed by atoms with Crippen LogP contribution in [0.2, 0.25) is 0 Å². The van der Waals surface area contributed by atoms with E-state index in [9.17, 15) is 9.59 Å². The van der Waals surface area contributed by atoms with Gasteiger partial charge in [-0.15, -0.1) is 0 Å². The van der Waals surface area contributed by atoms with E-state index in [1.165, 1.54) is 7.11 Å². The fourth-order valence-corrected chi connectivity index (χ4v) is 1.68. The van der Waals surface area contributed by atoms with Crippen LogP contribution in [0, 0.1) is 0 Å². The number of methoxy groups -OCH3 is 1. The van der Waals surface area contributed by atoms with Gasteiger partial charge in [0.2, 0.25) is 0 Å². The lowest BCUT2D eigenvalue weighted by Gasteiger charge is -2.30. The van der Waals surface area contributed by atoms with Gasteiger partial charge in [-0.1, -0.05) is 0 Å². The van der Waals surface area contributed by atoms with Gasteiger partial charge in [-0.05, 0) is 26.7 Å². The Morgan fingerprint density at radius 3 is 2.38 bits per heavy atom. The number of carbonyl (C=O) groups excluding carboxylic acids is 2. The molecule has 1 aliphatic heterocycles. The lowest BCUT2D eigenvalue weighted by atomic mass is 10.0. The van der Waals surface area contributed by atoms with Crippen molar-refractivity contribution in [2.75, 3.05) is 13.7 Å². The molecule has 0 aliphatic carbocycles. The molecule has 4 heteroatoms. The first kappa shape index (κ1) is 10.0. The molecule has 1 aliphatic rings. The largest absolute Gasteiger partial charge is 0.462 e. The highest BCUT2D eigenvalue weighted by atomic mass is 16.5. The van der Waals surface area contributed by atoms with Crippen molar-refractivity contribution in [1.29, 1.82) is 0 Å². The van der Waals surface area contributed by atoms with Crippen LogP contribution in [-0.4, -0.2) is 36.0 Å². The predicted molar refractivity (Wildman–Crippen MR) is 47.0 cm³/mol. The van der Waals surface area contributed by atoms with Crippen molar-refractivity contribution in [3.05, 3.63) is 0 Å². The van der Waals surface area contributed by atoms with Gasteiger partial charge in [-0.2, -0.15) is 0 Å². The molecule has 0 aromatic rings. The lowest BCUT2D eigenvalue weighted by molar-refractivity contribution is -0.159. The number of carbonyl (C=O) groups is 2. The molecule has 0 radical (unpaired) electrons. The van der Waals surface area contributed by atoms with Crippen molar-refractivity contribution in [3.8, 4) is 0 Å². The van der Waals surface area contributed by atoms with E-state index < -0.39 is 11.9 Å². The molecule has 74 valence electrons. The van der Waals surface area contributed by atoms with Gasteiger partial charge < -0.3 is 9.64 Å². The van der Waals surface area contributed by atoms with E-state index in [-0.39, 0.29) is 5.54 Å². The summed E-state index contributed by atoms with van der Waals surface area (Å²) >= 11 is 0. The zero-order chi connectivity index (χ0) is 10.1. The Bertz CT molecular complexity index is 235. The number of ether oxygens (including phenoxy) is 1. The van der Waals surface area contributed by atoms with Gasteiger partial charge in [0.1, 0.15) is 0 Å². The number of esters is 1. The standard InChI is InChI=1S/C9H15NO3/c1-9(2)5-4-6-10(9)7(11)8(12)13-3/h4-6H2,1-3H3. The summed E-state index contributed by atoms with van der Waals surface area (Å²) in [7, 11) is 1.23. The Hall–Kier alpha value is -1.06. The average Bonchev–Trinajstić information content (AvgIpc) is 2.42. The lowest BCUT2D eigenvalue weighted by Crippen LogP contribution is -2.46. The summed E-state index contributed by atoms with van der Waals surface area (Å²) in [6.07, 6.45) is 1.89. The molecule has 1 saturated heterocycles. The molecule has 0 spiro atoms. The van der Waals surface area contributed by atoms with E-state index in [1.807, 2.05) is 13.8 Å². The molecule has 0 bridgehead atoms. The Morgan fingerprint density at radius 2 is 2.00 bits per heavy atom. The Morgan fingerprint density at radius 1 is 1.38 bits per heavy atom. The van der Waals surface area contributed by atoms with Crippen molar-refractivity contribution in [2.24, 2.45) is 0 Å². The van der Waals surface area contributed by atoms with Crippen LogP contribution in [0.4, 0.5) is 0 Å². The van der Waals surface area contributed by atoms with Gasteiger partial charge >= 0.3 is 11.9 Å². The fraction of sp³-hybridized carbons (Fsp3) is 0.778. The summed E-state index contributed by atoms with van der Waals surface area (Å²) in [4.78, 5) is 24.0. The summed E-state index contributed by atoms with van der Waals surface area (Å²) < 4.78 is 4.39. The third-order valence-electron chi connectivity index (χ3n) is 2.51. The van der Waals surface area contributed by atoms with Crippen LogP contribution in [-0.2, 0) is 14.3 Å². The molecule has 0 atom stereocenters. The van der Waals surface area contributed by atoms with E-state index >= 15 is 0 Å². The van der Waals surface area contributed by atoms with Gasteiger partial charge in [0.25, 0.3) is 0 Å². The Kier molecular flexibility index (Phi) is 2.59. The van der Waals surface area contributed by atoms with Crippen LogP contribution in [0.25, 0.3) is 0 Å². The van der Waals surface area contributed by atoms with Crippen LogP contribution in [0.1, 0.15) is 26.7 Å². The maximum absolute atomic E-state index is 11.4. The van der Waals surface area contributed by atoms with Crippen molar-refractivity contribution in [3.63, 3.8) is 0 Å². The topological polar surface area (TPSA) is 46.6 Å². The van der Waals surface area contributed by atoms with Gasteiger partial charge in [0.05, 0.1) is 7.11 Å². The minimum atomic E-state index is -0.769. The molecule has 13 heavy (non-hydrogen) atoms. The van der Waals surface area contributed by atoms with Gasteiger partial charge in [0.15, 0.2) is 0 Å². The molecule has 0 saturated carbocycles. The maximum Gasteiger partial charge on any atom is 0.396 e. The molecule has 0 unspecified atom stereocenters. The van der Waals surface area contributed by atoms with Crippen LogP contribution in [0.15, 0.2) is 0 Å². The second-order valence-electron chi connectivity index (χ2n) is 3.86. The van der Waals surface area contributed by atoms with Crippen LogP contribution in [0.5, 0.6) is 0 Å². The number of amides is 1. The van der Waals surface area contributed by atoms with Crippen LogP contribution >= 0.6 is 0 Å². The molecular weight excluding hydrogens is 170 g/mol. The van der Waals surface area contributed by atoms with E-state index in [4.69, 9.17) is 0 Å². The summed E-state index contributed by atoms with van der Waals surface area (Å²) in [5, 5.41) is 0. The number of hydrogen-bond donors (Lipinski definition) is 0. The quantitative estimate of drug-likeness (QED) is 0.409. The summed E-state index contributed by atoms with van der Waals surface area (Å²) in [5.74, 6) is -1.29. The minimum absolute atomic E-state index is 0.203. The second kappa shape index (κ2) is 3.36. The molecule has 0 N–H and O–H groups in total. The zero-order valence-electron chi connectivity index (χ0n) is 8.29. The minimum Gasteiger partial charge on any atom is -0.462 e. The van der Waals surface area contributed by atoms with E-state index in [1.54, 1.807) is 4.90 Å². The van der Waals surface area contributed by atoms with Crippen LogP contribution in [0.3, 0.4) is 0 Å². The third-order valence-corrected chi connectivity index (χ3v) is 2.51. The second-order valence-corrected chi connectivity index (χ2v) is 3.86. The van der Waals surface area contributed by atoms with Crippen molar-refractivity contribution in [1.82, 2.24) is 4.90 Å². The first-order chi connectivity index (χ1) is 5.99. The smallest absolute Gasteiger partial charge is 0.396 e. The predicted octanol–water partition coefficient (Wildman–Crippen LogP) is 0.560. The molecule has 4 nitrogen and oxygen atoms in total. The normalized spacial score (nSPS) is 20.1. The molecule has 1 fully saturated rings. The summed E-state index contributed by atoms with van der Waals surface area (Å²) in [6.45, 7) is 4.57. The molecule has 1 heterocycles. The Labute approximate surface area is 77.8 Å². The van der Waals surface area contributed by atoms with Crippen molar-refractivity contribution in [2.45, 2.75) is 32.2 Å². The van der Waals surface area contributed by atoms with Crippen molar-refractivity contribution >= 4 is 11.9 Å². The summed E-state index contributed by atoms with van der Waals surface area (Å²) in [6, 6.07) is 0. The van der Waals surface area contributed by atoms with Gasteiger partial charge in [0, 0.05) is 12.1 Å². The van der Waals surface area contributed by atoms with Crippen LogP contribution < -0.4 is 0 Å². The average molecular weight is 185 g/mol. The highest BCUT2D eigenvalue weighted by Crippen LogP contribution is 2.28. The first-order valence-corrected chi connectivity index (χ1v) is 4.39. The zero-order valence-corrected chi connectivity index (χ0v) is 8.29. The SMILES string of the molecule is COC(=O)C(=O)N1CCCC1(C)C. The molecule has 0 aromatic heterocycles. The highest BCUT2D eigenvalue weighted by Gasteiger charge is 2.38.